The van der Waals surface area contributed by atoms with Gasteiger partial charge in [-0.15, -0.1) is 0 Å². The number of benzene rings is 3. The molecule has 1 amide bonds. The minimum Gasteiger partial charge on any atom is -0.466 e. The number of nitrogens with zero attached hydrogens (tertiary/aromatic N) is 1. The first-order chi connectivity index (χ1) is 14.2. The lowest BCUT2D eigenvalue weighted by atomic mass is 9.73. The molecule has 146 valence electrons. The second-order valence-electron chi connectivity index (χ2n) is 7.15. The van der Waals surface area contributed by atoms with Gasteiger partial charge in [-0.3, -0.25) is 9.59 Å². The van der Waals surface area contributed by atoms with Gasteiger partial charge in [0.2, 0.25) is 5.91 Å². The van der Waals surface area contributed by atoms with E-state index in [2.05, 4.69) is 0 Å². The number of hydrogen-bond donors (Lipinski definition) is 0. The van der Waals surface area contributed by atoms with E-state index < -0.39 is 5.41 Å². The van der Waals surface area contributed by atoms with Crippen LogP contribution in [0.25, 0.3) is 0 Å². The summed E-state index contributed by atoms with van der Waals surface area (Å²) in [5.74, 6) is -0.470. The van der Waals surface area contributed by atoms with Crippen molar-refractivity contribution in [1.82, 2.24) is 0 Å². The molecule has 1 heterocycles. The molecule has 1 aliphatic rings. The molecule has 4 nitrogen and oxygen atoms in total. The Hall–Kier alpha value is -3.40. The molecule has 0 aliphatic carbocycles. The lowest BCUT2D eigenvalue weighted by molar-refractivity contribution is -0.146. The zero-order valence-electron chi connectivity index (χ0n) is 16.4. The fraction of sp³-hybridized carbons (Fsp3) is 0.200. The first-order valence-electron chi connectivity index (χ1n) is 9.83. The van der Waals surface area contributed by atoms with E-state index in [4.69, 9.17) is 4.74 Å². The summed E-state index contributed by atoms with van der Waals surface area (Å²) in [6.07, 6.45) is -0.0218. The second-order valence-corrected chi connectivity index (χ2v) is 7.15. The third kappa shape index (κ3) is 3.31. The van der Waals surface area contributed by atoms with Crippen LogP contribution in [0.1, 0.15) is 30.0 Å². The molecule has 0 fully saturated rings. The van der Waals surface area contributed by atoms with Gasteiger partial charge in [-0.05, 0) is 29.7 Å². The molecule has 1 atom stereocenters. The van der Waals surface area contributed by atoms with Gasteiger partial charge in [-0.1, -0.05) is 78.9 Å². The SMILES string of the molecule is CCOC(=O)C[C@@]1(c2ccccc2)C(=O)N(Cc2ccccc2)c2ccccc21. The maximum absolute atomic E-state index is 13.9. The maximum Gasteiger partial charge on any atom is 0.307 e. The molecule has 3 aromatic rings. The first-order valence-corrected chi connectivity index (χ1v) is 9.83. The quantitative estimate of drug-likeness (QED) is 0.588. The van der Waals surface area contributed by atoms with Crippen LogP contribution in [-0.2, 0) is 26.3 Å². The number of rotatable bonds is 6. The van der Waals surface area contributed by atoms with Gasteiger partial charge < -0.3 is 9.64 Å². The van der Waals surface area contributed by atoms with Crippen molar-refractivity contribution in [1.29, 1.82) is 0 Å². The highest BCUT2D eigenvalue weighted by Gasteiger charge is 2.53. The lowest BCUT2D eigenvalue weighted by Crippen LogP contribution is -2.42. The van der Waals surface area contributed by atoms with Crippen molar-refractivity contribution < 1.29 is 14.3 Å². The Kier molecular flexibility index (Phi) is 5.17. The average Bonchev–Trinajstić information content (AvgIpc) is 2.99. The Morgan fingerprint density at radius 2 is 1.52 bits per heavy atom. The Bertz CT molecular complexity index is 1020. The molecule has 0 bridgehead atoms. The van der Waals surface area contributed by atoms with Crippen LogP contribution in [0, 0.1) is 0 Å². The summed E-state index contributed by atoms with van der Waals surface area (Å²) in [6, 6.07) is 27.2. The van der Waals surface area contributed by atoms with Crippen molar-refractivity contribution in [3.63, 3.8) is 0 Å². The third-order valence-electron chi connectivity index (χ3n) is 5.43. The van der Waals surface area contributed by atoms with Crippen molar-refractivity contribution in [3.05, 3.63) is 102 Å². The van der Waals surface area contributed by atoms with Gasteiger partial charge in [-0.2, -0.15) is 0 Å². The molecular formula is C25H23NO3. The summed E-state index contributed by atoms with van der Waals surface area (Å²) in [4.78, 5) is 28.3. The van der Waals surface area contributed by atoms with Crippen molar-refractivity contribution in [2.24, 2.45) is 0 Å². The van der Waals surface area contributed by atoms with E-state index in [9.17, 15) is 9.59 Å². The van der Waals surface area contributed by atoms with E-state index in [1.807, 2.05) is 84.9 Å². The molecule has 4 heteroatoms. The minimum absolute atomic E-state index is 0.0218. The van der Waals surface area contributed by atoms with Crippen molar-refractivity contribution in [2.75, 3.05) is 11.5 Å². The highest BCUT2D eigenvalue weighted by molar-refractivity contribution is 6.12. The topological polar surface area (TPSA) is 46.6 Å². The Morgan fingerprint density at radius 1 is 0.897 bits per heavy atom. The van der Waals surface area contributed by atoms with Gasteiger partial charge >= 0.3 is 5.97 Å². The molecule has 3 aromatic carbocycles. The molecule has 0 unspecified atom stereocenters. The van der Waals surface area contributed by atoms with Gasteiger partial charge in [0, 0.05) is 5.69 Å². The van der Waals surface area contributed by atoms with Crippen LogP contribution in [0.15, 0.2) is 84.9 Å². The number of fused-ring (bicyclic) bond motifs is 1. The van der Waals surface area contributed by atoms with Crippen LogP contribution in [0.3, 0.4) is 0 Å². The molecule has 1 aliphatic heterocycles. The smallest absolute Gasteiger partial charge is 0.307 e. The van der Waals surface area contributed by atoms with Crippen LogP contribution < -0.4 is 4.90 Å². The first kappa shape index (κ1) is 18.9. The predicted molar refractivity (Wildman–Crippen MR) is 113 cm³/mol. The number of amides is 1. The van der Waals surface area contributed by atoms with Gasteiger partial charge in [0.1, 0.15) is 5.41 Å². The fourth-order valence-corrected chi connectivity index (χ4v) is 4.15. The van der Waals surface area contributed by atoms with Crippen molar-refractivity contribution >= 4 is 17.6 Å². The van der Waals surface area contributed by atoms with Crippen LogP contribution in [0.5, 0.6) is 0 Å². The normalized spacial score (nSPS) is 17.8. The molecule has 0 radical (unpaired) electrons. The van der Waals surface area contributed by atoms with Gasteiger partial charge in [0.05, 0.1) is 19.6 Å². The lowest BCUT2D eigenvalue weighted by Gasteiger charge is -2.28. The van der Waals surface area contributed by atoms with Crippen LogP contribution in [0.2, 0.25) is 0 Å². The van der Waals surface area contributed by atoms with Gasteiger partial charge in [0.15, 0.2) is 0 Å². The Labute approximate surface area is 170 Å². The predicted octanol–water partition coefficient (Wildman–Crippen LogP) is 4.47. The third-order valence-corrected chi connectivity index (χ3v) is 5.43. The summed E-state index contributed by atoms with van der Waals surface area (Å²) >= 11 is 0. The van der Waals surface area contributed by atoms with Crippen LogP contribution in [-0.4, -0.2) is 18.5 Å². The number of ether oxygens (including phenoxy) is 1. The number of hydrogen-bond acceptors (Lipinski definition) is 3. The summed E-state index contributed by atoms with van der Waals surface area (Å²) in [5, 5.41) is 0. The zero-order valence-corrected chi connectivity index (χ0v) is 16.4. The maximum atomic E-state index is 13.9. The van der Waals surface area contributed by atoms with Crippen molar-refractivity contribution in [3.8, 4) is 0 Å². The molecule has 0 N–H and O–H groups in total. The standard InChI is InChI=1S/C25H23NO3/c1-2-29-23(27)17-25(20-13-7-4-8-14-20)21-15-9-10-16-22(21)26(24(25)28)18-19-11-5-3-6-12-19/h3-16H,2,17-18H2,1H3/t25-/m0/s1. The fourth-order valence-electron chi connectivity index (χ4n) is 4.15. The highest BCUT2D eigenvalue weighted by atomic mass is 16.5. The van der Waals surface area contributed by atoms with E-state index in [0.717, 1.165) is 22.4 Å². The average molecular weight is 385 g/mol. The van der Waals surface area contributed by atoms with Crippen LogP contribution in [0.4, 0.5) is 5.69 Å². The largest absolute Gasteiger partial charge is 0.466 e. The summed E-state index contributed by atoms with van der Waals surface area (Å²) in [5.41, 5.74) is 2.45. The number of carbonyl (C=O) groups excluding carboxylic acids is 2. The summed E-state index contributed by atoms with van der Waals surface area (Å²) in [6.45, 7) is 2.51. The molecule has 0 spiro atoms. The van der Waals surface area contributed by atoms with E-state index >= 15 is 0 Å². The summed E-state index contributed by atoms with van der Waals surface area (Å²) in [7, 11) is 0. The molecule has 0 aromatic heterocycles. The van der Waals surface area contributed by atoms with E-state index in [-0.39, 0.29) is 24.9 Å². The molecular weight excluding hydrogens is 362 g/mol. The monoisotopic (exact) mass is 385 g/mol. The zero-order chi connectivity index (χ0) is 20.3. The second kappa shape index (κ2) is 7.92. The Morgan fingerprint density at radius 3 is 2.21 bits per heavy atom. The number of carbonyl (C=O) groups is 2. The number of esters is 1. The highest BCUT2D eigenvalue weighted by Crippen LogP contribution is 2.49. The molecule has 29 heavy (non-hydrogen) atoms. The Balaban J connectivity index is 1.86. The molecule has 0 saturated heterocycles. The van der Waals surface area contributed by atoms with Crippen molar-refractivity contribution in [2.45, 2.75) is 25.3 Å². The van der Waals surface area contributed by atoms with Crippen LogP contribution >= 0.6 is 0 Å². The van der Waals surface area contributed by atoms with E-state index in [0.29, 0.717) is 6.54 Å². The van der Waals surface area contributed by atoms with Gasteiger partial charge in [-0.25, -0.2) is 0 Å². The summed E-state index contributed by atoms with van der Waals surface area (Å²) < 4.78 is 5.26. The molecule has 4 rings (SSSR count). The number of anilines is 1. The minimum atomic E-state index is -1.08. The molecule has 0 saturated carbocycles. The van der Waals surface area contributed by atoms with E-state index in [1.165, 1.54) is 0 Å². The van der Waals surface area contributed by atoms with E-state index in [1.54, 1.807) is 11.8 Å². The van der Waals surface area contributed by atoms with Gasteiger partial charge in [0.25, 0.3) is 0 Å². The number of para-hydroxylation sites is 1.